The molecule has 1 heterocycles. The minimum Gasteiger partial charge on any atom is -0.493 e. The maximum Gasteiger partial charge on any atom is 0.122 e. The normalized spacial score (nSPS) is 20.2. The minimum atomic E-state index is 0.664. The molecule has 2 nitrogen and oxygen atoms in total. The minimum absolute atomic E-state index is 0.664. The molecule has 0 saturated carbocycles. The highest BCUT2D eigenvalue weighted by atomic mass is 79.9. The number of hydrogen-bond donors (Lipinski definition) is 1. The molecule has 0 bridgehead atoms. The summed E-state index contributed by atoms with van der Waals surface area (Å²) < 4.78 is 7.09. The van der Waals surface area contributed by atoms with E-state index in [-0.39, 0.29) is 0 Å². The zero-order valence-corrected chi connectivity index (χ0v) is 11.9. The van der Waals surface area contributed by atoms with Crippen molar-refractivity contribution in [1.82, 2.24) is 5.32 Å². The van der Waals surface area contributed by atoms with Gasteiger partial charge in [-0.2, -0.15) is 0 Å². The standard InChI is InChI=1S/C14H20BrNO/c1-2-12-8-13(15)5-6-14(12)17-10-11-4-3-7-16-9-11/h5-6,8,11,16H,2-4,7,9-10H2,1H3/t11-/m0/s1. The van der Waals surface area contributed by atoms with E-state index in [0.717, 1.165) is 36.3 Å². The van der Waals surface area contributed by atoms with Crippen LogP contribution in [0, 0.1) is 5.92 Å². The van der Waals surface area contributed by atoms with E-state index < -0.39 is 0 Å². The fraction of sp³-hybridized carbons (Fsp3) is 0.571. The van der Waals surface area contributed by atoms with Gasteiger partial charge in [0.05, 0.1) is 6.61 Å². The number of nitrogens with one attached hydrogen (secondary N) is 1. The van der Waals surface area contributed by atoms with Gasteiger partial charge in [0, 0.05) is 16.9 Å². The lowest BCUT2D eigenvalue weighted by Gasteiger charge is -2.23. The van der Waals surface area contributed by atoms with E-state index in [2.05, 4.69) is 40.3 Å². The second-order valence-corrected chi connectivity index (χ2v) is 5.54. The fourth-order valence-corrected chi connectivity index (χ4v) is 2.65. The van der Waals surface area contributed by atoms with Crippen molar-refractivity contribution in [3.8, 4) is 5.75 Å². The van der Waals surface area contributed by atoms with Gasteiger partial charge in [0.15, 0.2) is 0 Å². The van der Waals surface area contributed by atoms with Crippen LogP contribution in [-0.4, -0.2) is 19.7 Å². The lowest BCUT2D eigenvalue weighted by molar-refractivity contribution is 0.217. The van der Waals surface area contributed by atoms with Gasteiger partial charge in [-0.15, -0.1) is 0 Å². The number of halogens is 1. The molecule has 1 fully saturated rings. The van der Waals surface area contributed by atoms with Gasteiger partial charge in [0.25, 0.3) is 0 Å². The van der Waals surface area contributed by atoms with Crippen LogP contribution in [0.4, 0.5) is 0 Å². The molecule has 1 aromatic carbocycles. The highest BCUT2D eigenvalue weighted by Crippen LogP contribution is 2.24. The molecule has 17 heavy (non-hydrogen) atoms. The Labute approximate surface area is 112 Å². The van der Waals surface area contributed by atoms with Crippen LogP contribution < -0.4 is 10.1 Å². The molecule has 0 aliphatic carbocycles. The number of rotatable bonds is 4. The van der Waals surface area contributed by atoms with Crippen LogP contribution >= 0.6 is 15.9 Å². The second-order valence-electron chi connectivity index (χ2n) is 4.63. The smallest absolute Gasteiger partial charge is 0.122 e. The maximum atomic E-state index is 5.96. The van der Waals surface area contributed by atoms with E-state index in [4.69, 9.17) is 4.74 Å². The molecule has 1 atom stereocenters. The summed E-state index contributed by atoms with van der Waals surface area (Å²) in [5.41, 5.74) is 1.28. The molecule has 2 rings (SSSR count). The van der Waals surface area contributed by atoms with Crippen LogP contribution in [0.15, 0.2) is 22.7 Å². The van der Waals surface area contributed by atoms with Gasteiger partial charge in [0.1, 0.15) is 5.75 Å². The molecule has 0 spiro atoms. The second kappa shape index (κ2) is 6.41. The molecule has 0 amide bonds. The quantitative estimate of drug-likeness (QED) is 0.920. The van der Waals surface area contributed by atoms with Crippen LogP contribution in [0.5, 0.6) is 5.75 Å². The van der Waals surface area contributed by atoms with Gasteiger partial charge in [-0.25, -0.2) is 0 Å². The van der Waals surface area contributed by atoms with E-state index in [9.17, 15) is 0 Å². The first-order valence-electron chi connectivity index (χ1n) is 6.41. The Hall–Kier alpha value is -0.540. The van der Waals surface area contributed by atoms with Crippen molar-refractivity contribution < 1.29 is 4.74 Å². The van der Waals surface area contributed by atoms with Crippen LogP contribution in [0.3, 0.4) is 0 Å². The van der Waals surface area contributed by atoms with E-state index in [1.807, 2.05) is 6.07 Å². The van der Waals surface area contributed by atoms with Gasteiger partial charge in [-0.1, -0.05) is 22.9 Å². The fourth-order valence-electron chi connectivity index (χ4n) is 2.24. The Bertz CT molecular complexity index is 361. The molecule has 1 saturated heterocycles. The largest absolute Gasteiger partial charge is 0.493 e. The molecule has 1 N–H and O–H groups in total. The van der Waals surface area contributed by atoms with Crippen LogP contribution in [0.2, 0.25) is 0 Å². The van der Waals surface area contributed by atoms with E-state index in [0.29, 0.717) is 5.92 Å². The molecule has 0 radical (unpaired) electrons. The summed E-state index contributed by atoms with van der Waals surface area (Å²) in [6.07, 6.45) is 3.57. The van der Waals surface area contributed by atoms with E-state index in [1.54, 1.807) is 0 Å². The molecule has 1 aliphatic heterocycles. The summed E-state index contributed by atoms with van der Waals surface area (Å²) in [7, 11) is 0. The molecule has 3 heteroatoms. The van der Waals surface area contributed by atoms with Crippen molar-refractivity contribution in [2.45, 2.75) is 26.2 Å². The van der Waals surface area contributed by atoms with Crippen molar-refractivity contribution >= 4 is 15.9 Å². The number of aryl methyl sites for hydroxylation is 1. The Morgan fingerprint density at radius 2 is 2.35 bits per heavy atom. The van der Waals surface area contributed by atoms with Crippen molar-refractivity contribution in [1.29, 1.82) is 0 Å². The van der Waals surface area contributed by atoms with Crippen molar-refractivity contribution in [2.24, 2.45) is 5.92 Å². The first-order chi connectivity index (χ1) is 8.29. The first kappa shape index (κ1) is 12.9. The lowest BCUT2D eigenvalue weighted by Crippen LogP contribution is -2.33. The zero-order chi connectivity index (χ0) is 12.1. The van der Waals surface area contributed by atoms with Gasteiger partial charge in [0.2, 0.25) is 0 Å². The molecule has 0 aromatic heterocycles. The van der Waals surface area contributed by atoms with E-state index in [1.165, 1.54) is 18.4 Å². The number of piperidine rings is 1. The van der Waals surface area contributed by atoms with Crippen molar-refractivity contribution in [3.63, 3.8) is 0 Å². The van der Waals surface area contributed by atoms with Crippen LogP contribution in [0.25, 0.3) is 0 Å². The van der Waals surface area contributed by atoms with Gasteiger partial charge >= 0.3 is 0 Å². The highest BCUT2D eigenvalue weighted by molar-refractivity contribution is 9.10. The Balaban J connectivity index is 1.93. The predicted molar refractivity (Wildman–Crippen MR) is 74.6 cm³/mol. The third-order valence-electron chi connectivity index (χ3n) is 3.28. The van der Waals surface area contributed by atoms with Gasteiger partial charge in [-0.3, -0.25) is 0 Å². The van der Waals surface area contributed by atoms with Crippen molar-refractivity contribution in [3.05, 3.63) is 28.2 Å². The topological polar surface area (TPSA) is 21.3 Å². The summed E-state index contributed by atoms with van der Waals surface area (Å²) in [5, 5.41) is 3.42. The SMILES string of the molecule is CCc1cc(Br)ccc1OC[C@H]1CCCNC1. The van der Waals surface area contributed by atoms with Crippen LogP contribution in [-0.2, 0) is 6.42 Å². The van der Waals surface area contributed by atoms with Gasteiger partial charge < -0.3 is 10.1 Å². The van der Waals surface area contributed by atoms with Gasteiger partial charge in [-0.05, 0) is 49.6 Å². The monoisotopic (exact) mass is 297 g/mol. The summed E-state index contributed by atoms with van der Waals surface area (Å²) >= 11 is 3.50. The maximum absolute atomic E-state index is 5.96. The Morgan fingerprint density at radius 1 is 1.47 bits per heavy atom. The summed E-state index contributed by atoms with van der Waals surface area (Å²) in [4.78, 5) is 0. The molecule has 1 aromatic rings. The number of benzene rings is 1. The molecule has 0 unspecified atom stereocenters. The number of hydrogen-bond acceptors (Lipinski definition) is 2. The average molecular weight is 298 g/mol. The zero-order valence-electron chi connectivity index (χ0n) is 10.3. The van der Waals surface area contributed by atoms with E-state index >= 15 is 0 Å². The molecule has 1 aliphatic rings. The highest BCUT2D eigenvalue weighted by Gasteiger charge is 2.14. The first-order valence-corrected chi connectivity index (χ1v) is 7.21. The Morgan fingerprint density at radius 3 is 3.06 bits per heavy atom. The lowest BCUT2D eigenvalue weighted by atomic mass is 10.0. The van der Waals surface area contributed by atoms with Crippen LogP contribution in [0.1, 0.15) is 25.3 Å². The summed E-state index contributed by atoms with van der Waals surface area (Å²) in [5.74, 6) is 1.71. The molecular weight excluding hydrogens is 278 g/mol. The average Bonchev–Trinajstić information content (AvgIpc) is 2.38. The summed E-state index contributed by atoms with van der Waals surface area (Å²) in [6, 6.07) is 6.27. The molecule has 94 valence electrons. The predicted octanol–water partition coefficient (Wildman–Crippen LogP) is 3.39. The Kier molecular flexibility index (Phi) is 4.86. The third kappa shape index (κ3) is 3.71. The summed E-state index contributed by atoms with van der Waals surface area (Å²) in [6.45, 7) is 5.26. The molecular formula is C14H20BrNO. The third-order valence-corrected chi connectivity index (χ3v) is 3.77. The van der Waals surface area contributed by atoms with Crippen molar-refractivity contribution in [2.75, 3.05) is 19.7 Å². The number of ether oxygens (including phenoxy) is 1.